The van der Waals surface area contributed by atoms with E-state index in [1.165, 1.54) is 17.7 Å². The van der Waals surface area contributed by atoms with Crippen LogP contribution < -0.4 is 5.32 Å². The molecule has 1 atom stereocenters. The third-order valence-electron chi connectivity index (χ3n) is 3.25. The summed E-state index contributed by atoms with van der Waals surface area (Å²) in [7, 11) is 0. The molecule has 0 radical (unpaired) electrons. The summed E-state index contributed by atoms with van der Waals surface area (Å²) in [5, 5.41) is 5.13. The van der Waals surface area contributed by atoms with Gasteiger partial charge in [-0.05, 0) is 30.7 Å². The van der Waals surface area contributed by atoms with E-state index in [0.717, 1.165) is 25.1 Å². The van der Waals surface area contributed by atoms with Crippen molar-refractivity contribution in [3.8, 4) is 0 Å². The zero-order chi connectivity index (χ0) is 10.3. The Labute approximate surface area is 93.1 Å². The minimum Gasteiger partial charge on any atom is -0.336 e. The van der Waals surface area contributed by atoms with Crippen molar-refractivity contribution < 1.29 is 4.79 Å². The van der Waals surface area contributed by atoms with Crippen LogP contribution in [0.1, 0.15) is 34.5 Å². The molecule has 2 aliphatic heterocycles. The van der Waals surface area contributed by atoms with Crippen LogP contribution in [0.25, 0.3) is 0 Å². The number of amides is 1. The molecule has 0 aliphatic carbocycles. The molecule has 4 heteroatoms. The topological polar surface area (TPSA) is 32.3 Å². The number of nitrogens with zero attached hydrogens (tertiary/aromatic N) is 1. The van der Waals surface area contributed by atoms with Gasteiger partial charge in [0.2, 0.25) is 0 Å². The number of carbonyl (C=O) groups excluding carboxylic acids is 1. The number of thiophene rings is 1. The number of carbonyl (C=O) groups is 1. The highest BCUT2D eigenvalue weighted by Crippen LogP contribution is 2.26. The number of rotatable bonds is 0. The molecule has 1 N–H and O–H groups in total. The second-order valence-electron chi connectivity index (χ2n) is 4.21. The Bertz CT molecular complexity index is 388. The van der Waals surface area contributed by atoms with Gasteiger partial charge in [0.25, 0.3) is 5.91 Å². The summed E-state index contributed by atoms with van der Waals surface area (Å²) >= 11 is 1.70. The van der Waals surface area contributed by atoms with Crippen molar-refractivity contribution in [2.24, 2.45) is 0 Å². The van der Waals surface area contributed by atoms with Crippen molar-refractivity contribution in [2.75, 3.05) is 6.54 Å². The van der Waals surface area contributed by atoms with Gasteiger partial charge < -0.3 is 5.32 Å². The molecule has 80 valence electrons. The molecule has 1 fully saturated rings. The Morgan fingerprint density at radius 2 is 2.40 bits per heavy atom. The van der Waals surface area contributed by atoms with Gasteiger partial charge in [-0.25, -0.2) is 0 Å². The fraction of sp³-hybridized carbons (Fsp3) is 0.545. The molecule has 1 amide bonds. The van der Waals surface area contributed by atoms with Crippen molar-refractivity contribution in [1.29, 1.82) is 0 Å². The number of hydrogen-bond acceptors (Lipinski definition) is 3. The summed E-state index contributed by atoms with van der Waals surface area (Å²) < 4.78 is 0. The normalized spacial score (nSPS) is 26.4. The molecule has 0 saturated carbocycles. The predicted molar refractivity (Wildman–Crippen MR) is 59.8 cm³/mol. The molecule has 0 aromatic carbocycles. The SMILES string of the molecule is O=C1N[C@H]2CCCCN2Cc2sccc21. The number of piperidine rings is 1. The van der Waals surface area contributed by atoms with Crippen molar-refractivity contribution in [3.63, 3.8) is 0 Å². The standard InChI is InChI=1S/C11H14N2OS/c14-11-8-4-6-15-9(8)7-13-5-2-1-3-10(13)12-11/h4,6,10H,1-3,5,7H2,(H,12,14)/t10-/m1/s1. The molecule has 0 spiro atoms. The van der Waals surface area contributed by atoms with Crippen LogP contribution in [0, 0.1) is 0 Å². The van der Waals surface area contributed by atoms with Crippen molar-refractivity contribution in [1.82, 2.24) is 10.2 Å². The van der Waals surface area contributed by atoms with E-state index in [2.05, 4.69) is 10.2 Å². The van der Waals surface area contributed by atoms with Crippen molar-refractivity contribution in [3.05, 3.63) is 21.9 Å². The van der Waals surface area contributed by atoms with Gasteiger partial charge in [0.1, 0.15) is 0 Å². The average molecular weight is 222 g/mol. The Morgan fingerprint density at radius 3 is 3.33 bits per heavy atom. The molecular formula is C11H14N2OS. The molecule has 3 nitrogen and oxygen atoms in total. The molecule has 3 rings (SSSR count). The van der Waals surface area contributed by atoms with Crippen LogP contribution in [-0.2, 0) is 6.54 Å². The van der Waals surface area contributed by atoms with E-state index in [1.54, 1.807) is 11.3 Å². The van der Waals surface area contributed by atoms with Crippen LogP contribution in [0.15, 0.2) is 11.4 Å². The number of fused-ring (bicyclic) bond motifs is 2. The molecule has 15 heavy (non-hydrogen) atoms. The summed E-state index contributed by atoms with van der Waals surface area (Å²) in [6, 6.07) is 1.94. The molecule has 3 heterocycles. The van der Waals surface area contributed by atoms with Gasteiger partial charge >= 0.3 is 0 Å². The molecule has 1 aromatic rings. The van der Waals surface area contributed by atoms with Crippen LogP contribution in [0.2, 0.25) is 0 Å². The first-order valence-corrected chi connectivity index (χ1v) is 6.34. The third kappa shape index (κ3) is 1.58. The Hall–Kier alpha value is -0.870. The number of hydrogen-bond donors (Lipinski definition) is 1. The lowest BCUT2D eigenvalue weighted by atomic mass is 10.1. The molecule has 1 aromatic heterocycles. The summed E-state index contributed by atoms with van der Waals surface area (Å²) in [5.41, 5.74) is 0.884. The molecular weight excluding hydrogens is 208 g/mol. The molecule has 0 bridgehead atoms. The predicted octanol–water partition coefficient (Wildman–Crippen LogP) is 1.80. The van der Waals surface area contributed by atoms with E-state index < -0.39 is 0 Å². The lowest BCUT2D eigenvalue weighted by Gasteiger charge is -2.33. The quantitative estimate of drug-likeness (QED) is 0.726. The third-order valence-corrected chi connectivity index (χ3v) is 4.15. The van der Waals surface area contributed by atoms with E-state index in [-0.39, 0.29) is 12.1 Å². The maximum Gasteiger partial charge on any atom is 0.253 e. The summed E-state index contributed by atoms with van der Waals surface area (Å²) in [6.07, 6.45) is 3.86. The fourth-order valence-corrected chi connectivity index (χ4v) is 3.32. The highest BCUT2D eigenvalue weighted by molar-refractivity contribution is 7.10. The van der Waals surface area contributed by atoms with E-state index >= 15 is 0 Å². The summed E-state index contributed by atoms with van der Waals surface area (Å²) in [6.45, 7) is 2.05. The number of nitrogens with one attached hydrogen (secondary N) is 1. The van der Waals surface area contributed by atoms with Gasteiger partial charge in [-0.3, -0.25) is 9.69 Å². The monoisotopic (exact) mass is 222 g/mol. The van der Waals surface area contributed by atoms with Crippen LogP contribution in [-0.4, -0.2) is 23.5 Å². The Kier molecular flexibility index (Phi) is 2.25. The van der Waals surface area contributed by atoms with Crippen molar-refractivity contribution in [2.45, 2.75) is 32.0 Å². The van der Waals surface area contributed by atoms with Gasteiger partial charge in [-0.1, -0.05) is 0 Å². The smallest absolute Gasteiger partial charge is 0.253 e. The zero-order valence-corrected chi connectivity index (χ0v) is 9.35. The first-order chi connectivity index (χ1) is 7.34. The van der Waals surface area contributed by atoms with E-state index in [9.17, 15) is 4.79 Å². The Balaban J connectivity index is 1.94. The highest BCUT2D eigenvalue weighted by Gasteiger charge is 2.29. The maximum absolute atomic E-state index is 11.9. The largest absolute Gasteiger partial charge is 0.336 e. The van der Waals surface area contributed by atoms with Gasteiger partial charge in [0.15, 0.2) is 0 Å². The van der Waals surface area contributed by atoms with Gasteiger partial charge in [0, 0.05) is 18.0 Å². The highest BCUT2D eigenvalue weighted by atomic mass is 32.1. The van der Waals surface area contributed by atoms with Crippen LogP contribution in [0.4, 0.5) is 0 Å². The van der Waals surface area contributed by atoms with Gasteiger partial charge in [-0.2, -0.15) is 0 Å². The van der Waals surface area contributed by atoms with Crippen LogP contribution in [0.5, 0.6) is 0 Å². The summed E-state index contributed by atoms with van der Waals surface area (Å²) in [5.74, 6) is 0.112. The minimum absolute atomic E-state index is 0.112. The fourth-order valence-electron chi connectivity index (χ4n) is 2.42. The first kappa shape index (κ1) is 9.36. The van der Waals surface area contributed by atoms with Gasteiger partial charge in [0.05, 0.1) is 11.7 Å². The van der Waals surface area contributed by atoms with E-state index in [4.69, 9.17) is 0 Å². The lowest BCUT2D eigenvalue weighted by molar-refractivity contribution is 0.0796. The van der Waals surface area contributed by atoms with E-state index in [1.807, 2.05) is 11.4 Å². The minimum atomic E-state index is 0.112. The van der Waals surface area contributed by atoms with Crippen LogP contribution in [0.3, 0.4) is 0 Å². The maximum atomic E-state index is 11.9. The lowest BCUT2D eigenvalue weighted by Crippen LogP contribution is -2.48. The second-order valence-corrected chi connectivity index (χ2v) is 5.21. The molecule has 0 unspecified atom stereocenters. The molecule has 2 aliphatic rings. The summed E-state index contributed by atoms with van der Waals surface area (Å²) in [4.78, 5) is 15.5. The second kappa shape index (κ2) is 3.61. The Morgan fingerprint density at radius 1 is 1.47 bits per heavy atom. The van der Waals surface area contributed by atoms with Crippen molar-refractivity contribution >= 4 is 17.2 Å². The van der Waals surface area contributed by atoms with Gasteiger partial charge in [-0.15, -0.1) is 11.3 Å². The average Bonchev–Trinajstić information content (AvgIpc) is 2.64. The zero-order valence-electron chi connectivity index (χ0n) is 8.53. The first-order valence-electron chi connectivity index (χ1n) is 5.46. The van der Waals surface area contributed by atoms with E-state index in [0.29, 0.717) is 0 Å². The van der Waals surface area contributed by atoms with Crippen LogP contribution >= 0.6 is 11.3 Å². The molecule has 1 saturated heterocycles.